The van der Waals surface area contributed by atoms with E-state index >= 15 is 0 Å². The number of nitrogens with zero attached hydrogens (tertiary/aromatic N) is 1. The number of amides is 1. The van der Waals surface area contributed by atoms with Crippen LogP contribution in [0.2, 0.25) is 0 Å². The maximum Gasteiger partial charge on any atom is 0.238 e. The van der Waals surface area contributed by atoms with Crippen LogP contribution in [0.3, 0.4) is 0 Å². The first-order valence-corrected chi connectivity index (χ1v) is 8.72. The second-order valence-corrected chi connectivity index (χ2v) is 7.10. The fourth-order valence-corrected chi connectivity index (χ4v) is 3.42. The summed E-state index contributed by atoms with van der Waals surface area (Å²) in [4.78, 5) is 14.3. The van der Waals surface area contributed by atoms with Gasteiger partial charge in [0.1, 0.15) is 0 Å². The molecule has 128 valence electrons. The predicted octanol–water partition coefficient (Wildman–Crippen LogP) is 3.23. The molecule has 1 aromatic carbocycles. The van der Waals surface area contributed by atoms with E-state index in [1.54, 1.807) is 0 Å². The number of likely N-dealkylation sites (N-methyl/N-ethyl adjacent to an activating group) is 1. The topological polar surface area (TPSA) is 52.6 Å². The normalized spacial score (nSPS) is 21.7. The van der Waals surface area contributed by atoms with Crippen molar-refractivity contribution >= 4 is 11.6 Å². The van der Waals surface area contributed by atoms with E-state index in [1.165, 1.54) is 6.42 Å². The van der Waals surface area contributed by atoms with E-state index in [0.717, 1.165) is 37.1 Å². The molecule has 1 fully saturated rings. The molecule has 2 N–H and O–H groups in total. The standard InChI is InChI=1S/C19H30N2O2/c1-14(2)16-9-5-6-10-17(16)20-19(23)13-21(3)12-15-8-4-7-11-18(15)22/h5-6,9-10,14-15,18,22H,4,7-8,11-13H2,1-3H3,(H,20,23). The first-order chi connectivity index (χ1) is 11.0. The summed E-state index contributed by atoms with van der Waals surface area (Å²) in [5, 5.41) is 13.1. The molecule has 23 heavy (non-hydrogen) atoms. The summed E-state index contributed by atoms with van der Waals surface area (Å²) >= 11 is 0. The molecule has 0 bridgehead atoms. The predicted molar refractivity (Wildman–Crippen MR) is 94.6 cm³/mol. The quantitative estimate of drug-likeness (QED) is 0.846. The molecule has 2 rings (SSSR count). The van der Waals surface area contributed by atoms with Crippen molar-refractivity contribution < 1.29 is 9.90 Å². The SMILES string of the molecule is CC(C)c1ccccc1NC(=O)CN(C)CC1CCCCC1O. The third-order valence-corrected chi connectivity index (χ3v) is 4.69. The molecule has 1 aliphatic rings. The van der Waals surface area contributed by atoms with E-state index in [1.807, 2.05) is 30.1 Å². The molecule has 4 heteroatoms. The number of nitrogens with one attached hydrogen (secondary N) is 1. The summed E-state index contributed by atoms with van der Waals surface area (Å²) in [5.41, 5.74) is 2.06. The Morgan fingerprint density at radius 1 is 1.30 bits per heavy atom. The molecular formula is C19H30N2O2. The third-order valence-electron chi connectivity index (χ3n) is 4.69. The summed E-state index contributed by atoms with van der Waals surface area (Å²) in [7, 11) is 1.95. The summed E-state index contributed by atoms with van der Waals surface area (Å²) in [6, 6.07) is 7.96. The van der Waals surface area contributed by atoms with Gasteiger partial charge in [-0.25, -0.2) is 0 Å². The van der Waals surface area contributed by atoms with Gasteiger partial charge in [-0.1, -0.05) is 44.9 Å². The van der Waals surface area contributed by atoms with Crippen LogP contribution in [-0.4, -0.2) is 42.2 Å². The van der Waals surface area contributed by atoms with E-state index in [-0.39, 0.29) is 12.0 Å². The van der Waals surface area contributed by atoms with Gasteiger partial charge < -0.3 is 10.4 Å². The van der Waals surface area contributed by atoms with Crippen molar-refractivity contribution in [3.63, 3.8) is 0 Å². The van der Waals surface area contributed by atoms with Crippen molar-refractivity contribution in [2.75, 3.05) is 25.5 Å². The molecule has 1 saturated carbocycles. The van der Waals surface area contributed by atoms with Gasteiger partial charge in [-0.3, -0.25) is 9.69 Å². The minimum Gasteiger partial charge on any atom is -0.393 e. The second kappa shape index (κ2) is 8.46. The average molecular weight is 318 g/mol. The number of hydrogen-bond acceptors (Lipinski definition) is 3. The van der Waals surface area contributed by atoms with Gasteiger partial charge in [0.15, 0.2) is 0 Å². The average Bonchev–Trinajstić information content (AvgIpc) is 2.49. The Balaban J connectivity index is 1.87. The Kier molecular flexibility index (Phi) is 6.60. The van der Waals surface area contributed by atoms with Crippen molar-refractivity contribution in [1.29, 1.82) is 0 Å². The Hall–Kier alpha value is -1.39. The minimum atomic E-state index is -0.212. The van der Waals surface area contributed by atoms with Gasteiger partial charge in [-0.15, -0.1) is 0 Å². The lowest BCUT2D eigenvalue weighted by Crippen LogP contribution is -2.38. The highest BCUT2D eigenvalue weighted by molar-refractivity contribution is 5.93. The lowest BCUT2D eigenvalue weighted by Gasteiger charge is -2.31. The number of hydrogen-bond donors (Lipinski definition) is 2. The highest BCUT2D eigenvalue weighted by Crippen LogP contribution is 2.25. The van der Waals surface area contributed by atoms with Gasteiger partial charge in [0.05, 0.1) is 12.6 Å². The minimum absolute atomic E-state index is 0.00546. The molecule has 4 nitrogen and oxygen atoms in total. The highest BCUT2D eigenvalue weighted by atomic mass is 16.3. The molecule has 2 atom stereocenters. The maximum atomic E-state index is 12.3. The Labute approximate surface area is 139 Å². The van der Waals surface area contributed by atoms with Crippen molar-refractivity contribution in [3.05, 3.63) is 29.8 Å². The molecular weight excluding hydrogens is 288 g/mol. The van der Waals surface area contributed by atoms with Gasteiger partial charge in [0.2, 0.25) is 5.91 Å². The van der Waals surface area contributed by atoms with Gasteiger partial charge in [-0.05, 0) is 43.4 Å². The Morgan fingerprint density at radius 2 is 2.00 bits per heavy atom. The number of benzene rings is 1. The third kappa shape index (κ3) is 5.33. The van der Waals surface area contributed by atoms with Gasteiger partial charge in [-0.2, -0.15) is 0 Å². The lowest BCUT2D eigenvalue weighted by atomic mass is 9.86. The van der Waals surface area contributed by atoms with Crippen molar-refractivity contribution in [1.82, 2.24) is 4.90 Å². The summed E-state index contributed by atoms with van der Waals surface area (Å²) in [6.45, 7) is 5.39. The molecule has 1 aromatic rings. The number of para-hydroxylation sites is 1. The molecule has 0 heterocycles. The number of carbonyl (C=O) groups is 1. The summed E-state index contributed by atoms with van der Waals surface area (Å²) in [5.74, 6) is 0.678. The zero-order valence-corrected chi connectivity index (χ0v) is 14.6. The zero-order valence-electron chi connectivity index (χ0n) is 14.6. The van der Waals surface area contributed by atoms with Crippen LogP contribution in [-0.2, 0) is 4.79 Å². The molecule has 0 radical (unpaired) electrons. The molecule has 0 aromatic heterocycles. The van der Waals surface area contributed by atoms with Crippen LogP contribution >= 0.6 is 0 Å². The Morgan fingerprint density at radius 3 is 2.70 bits per heavy atom. The van der Waals surface area contributed by atoms with E-state index in [2.05, 4.69) is 25.2 Å². The number of aliphatic hydroxyl groups is 1. The number of aliphatic hydroxyl groups excluding tert-OH is 1. The second-order valence-electron chi connectivity index (χ2n) is 7.10. The molecule has 1 aliphatic carbocycles. The molecule has 0 spiro atoms. The van der Waals surface area contributed by atoms with Crippen LogP contribution in [0, 0.1) is 5.92 Å². The first kappa shape index (κ1) is 18.0. The first-order valence-electron chi connectivity index (χ1n) is 8.72. The van der Waals surface area contributed by atoms with Crippen molar-refractivity contribution in [2.45, 2.75) is 51.6 Å². The van der Waals surface area contributed by atoms with Crippen LogP contribution in [0.15, 0.2) is 24.3 Å². The van der Waals surface area contributed by atoms with E-state index in [9.17, 15) is 9.90 Å². The molecule has 0 aliphatic heterocycles. The highest BCUT2D eigenvalue weighted by Gasteiger charge is 2.24. The summed E-state index contributed by atoms with van der Waals surface area (Å²) < 4.78 is 0. The van der Waals surface area contributed by atoms with Gasteiger partial charge >= 0.3 is 0 Å². The number of carbonyl (C=O) groups excluding carboxylic acids is 1. The largest absolute Gasteiger partial charge is 0.393 e. The smallest absolute Gasteiger partial charge is 0.238 e. The van der Waals surface area contributed by atoms with Crippen LogP contribution in [0.4, 0.5) is 5.69 Å². The van der Waals surface area contributed by atoms with Crippen molar-refractivity contribution in [3.8, 4) is 0 Å². The van der Waals surface area contributed by atoms with E-state index in [4.69, 9.17) is 0 Å². The van der Waals surface area contributed by atoms with Crippen LogP contribution < -0.4 is 5.32 Å². The van der Waals surface area contributed by atoms with Crippen LogP contribution in [0.5, 0.6) is 0 Å². The van der Waals surface area contributed by atoms with Gasteiger partial charge in [0.25, 0.3) is 0 Å². The fourth-order valence-electron chi connectivity index (χ4n) is 3.42. The van der Waals surface area contributed by atoms with E-state index in [0.29, 0.717) is 18.4 Å². The number of anilines is 1. The zero-order chi connectivity index (χ0) is 16.8. The van der Waals surface area contributed by atoms with Crippen molar-refractivity contribution in [2.24, 2.45) is 5.92 Å². The molecule has 0 saturated heterocycles. The molecule has 1 amide bonds. The fraction of sp³-hybridized carbons (Fsp3) is 0.632. The summed E-state index contributed by atoms with van der Waals surface area (Å²) in [6.07, 6.45) is 4.04. The maximum absolute atomic E-state index is 12.3. The Bertz CT molecular complexity index is 516. The van der Waals surface area contributed by atoms with Crippen LogP contribution in [0.25, 0.3) is 0 Å². The van der Waals surface area contributed by atoms with Crippen LogP contribution in [0.1, 0.15) is 51.0 Å². The molecule has 2 unspecified atom stereocenters. The van der Waals surface area contributed by atoms with Gasteiger partial charge in [0, 0.05) is 12.2 Å². The van der Waals surface area contributed by atoms with E-state index < -0.39 is 0 Å². The lowest BCUT2D eigenvalue weighted by molar-refractivity contribution is -0.117. The number of rotatable bonds is 6. The monoisotopic (exact) mass is 318 g/mol.